The van der Waals surface area contributed by atoms with Crippen LogP contribution >= 0.6 is 0 Å². The van der Waals surface area contributed by atoms with E-state index in [2.05, 4.69) is 48.5 Å². The van der Waals surface area contributed by atoms with Crippen LogP contribution in [0.4, 0.5) is 0 Å². The lowest BCUT2D eigenvalue weighted by Gasteiger charge is -2.02. The molecule has 0 saturated heterocycles. The minimum absolute atomic E-state index is 0.801. The highest BCUT2D eigenvalue weighted by Crippen LogP contribution is 2.40. The zero-order chi connectivity index (χ0) is 10.1. The lowest BCUT2D eigenvalue weighted by molar-refractivity contribution is 1.13. The van der Waals surface area contributed by atoms with E-state index in [1.807, 2.05) is 6.07 Å². The molecule has 0 spiro atoms. The van der Waals surface area contributed by atoms with Crippen molar-refractivity contribution in [3.63, 3.8) is 0 Å². The second kappa shape index (κ2) is 3.54. The van der Waals surface area contributed by atoms with Crippen LogP contribution in [0.25, 0.3) is 11.1 Å². The molecule has 1 fully saturated rings. The fourth-order valence-electron chi connectivity index (χ4n) is 1.90. The first-order valence-electron chi connectivity index (χ1n) is 5.50. The van der Waals surface area contributed by atoms with Crippen molar-refractivity contribution in [2.75, 3.05) is 0 Å². The molecule has 0 unspecified atom stereocenters. The Morgan fingerprint density at radius 3 is 2.27 bits per heavy atom. The highest BCUT2D eigenvalue weighted by molar-refractivity contribution is 5.63. The molecule has 0 heteroatoms. The third kappa shape index (κ3) is 1.80. The number of hydrogen-bond donors (Lipinski definition) is 0. The van der Waals surface area contributed by atoms with Crippen molar-refractivity contribution in [3.8, 4) is 11.1 Å². The fraction of sp³-hybridized carbons (Fsp3) is 0.200. The van der Waals surface area contributed by atoms with Crippen molar-refractivity contribution in [2.45, 2.75) is 18.8 Å². The van der Waals surface area contributed by atoms with Gasteiger partial charge >= 0.3 is 0 Å². The Hall–Kier alpha value is -1.56. The summed E-state index contributed by atoms with van der Waals surface area (Å²) in [6, 6.07) is 20.4. The molecule has 0 atom stereocenters. The van der Waals surface area contributed by atoms with E-state index in [0.29, 0.717) is 0 Å². The Bertz CT molecular complexity index is 435. The van der Waals surface area contributed by atoms with E-state index in [4.69, 9.17) is 0 Å². The first-order chi connectivity index (χ1) is 7.43. The van der Waals surface area contributed by atoms with Gasteiger partial charge in [-0.1, -0.05) is 42.5 Å². The lowest BCUT2D eigenvalue weighted by Crippen LogP contribution is -1.81. The summed E-state index contributed by atoms with van der Waals surface area (Å²) in [5, 5.41) is 0. The van der Waals surface area contributed by atoms with E-state index in [9.17, 15) is 0 Å². The zero-order valence-electron chi connectivity index (χ0n) is 8.61. The molecule has 0 aromatic heterocycles. The molecule has 1 aliphatic rings. The standard InChI is InChI=1S/C15H13/c1-2-4-12(5-3-1)13-6-8-14(9-7-13)15-10-11-15/h1-8,15H,10-11H2. The van der Waals surface area contributed by atoms with Crippen LogP contribution in [-0.4, -0.2) is 0 Å². The topological polar surface area (TPSA) is 0 Å². The van der Waals surface area contributed by atoms with Gasteiger partial charge < -0.3 is 0 Å². The second-order valence-electron chi connectivity index (χ2n) is 4.17. The van der Waals surface area contributed by atoms with Crippen LogP contribution in [0, 0.1) is 6.07 Å². The van der Waals surface area contributed by atoms with Crippen LogP contribution in [0.15, 0.2) is 48.5 Å². The minimum atomic E-state index is 0.801. The van der Waals surface area contributed by atoms with Gasteiger partial charge in [0, 0.05) is 0 Å². The highest BCUT2D eigenvalue weighted by Gasteiger charge is 2.23. The number of hydrogen-bond acceptors (Lipinski definition) is 0. The molecule has 15 heavy (non-hydrogen) atoms. The second-order valence-corrected chi connectivity index (χ2v) is 4.17. The smallest absolute Gasteiger partial charge is 0.0140 e. The predicted octanol–water partition coefficient (Wildman–Crippen LogP) is 4.03. The Labute approximate surface area is 90.6 Å². The molecule has 0 heterocycles. The van der Waals surface area contributed by atoms with Crippen LogP contribution in [0.5, 0.6) is 0 Å². The average molecular weight is 193 g/mol. The fourth-order valence-corrected chi connectivity index (χ4v) is 1.90. The quantitative estimate of drug-likeness (QED) is 0.675. The van der Waals surface area contributed by atoms with Crippen LogP contribution < -0.4 is 0 Å². The molecule has 0 bridgehead atoms. The average Bonchev–Trinajstić information content (AvgIpc) is 3.15. The molecule has 3 rings (SSSR count). The van der Waals surface area contributed by atoms with E-state index < -0.39 is 0 Å². The minimum Gasteiger partial charge on any atom is -0.0622 e. The molecule has 2 aromatic rings. The largest absolute Gasteiger partial charge is 0.0622 e. The van der Waals surface area contributed by atoms with Crippen molar-refractivity contribution in [3.05, 3.63) is 60.2 Å². The third-order valence-corrected chi connectivity index (χ3v) is 2.96. The summed E-state index contributed by atoms with van der Waals surface area (Å²) in [5.74, 6) is 0.801. The molecule has 2 aromatic carbocycles. The molecule has 1 radical (unpaired) electrons. The van der Waals surface area contributed by atoms with E-state index >= 15 is 0 Å². The Morgan fingerprint density at radius 1 is 0.867 bits per heavy atom. The van der Waals surface area contributed by atoms with Gasteiger partial charge in [0.1, 0.15) is 0 Å². The van der Waals surface area contributed by atoms with Gasteiger partial charge in [0.05, 0.1) is 0 Å². The summed E-state index contributed by atoms with van der Waals surface area (Å²) in [7, 11) is 0. The van der Waals surface area contributed by atoms with Gasteiger partial charge in [-0.15, -0.1) is 0 Å². The maximum atomic E-state index is 3.40. The molecule has 1 saturated carbocycles. The van der Waals surface area contributed by atoms with Crippen molar-refractivity contribution < 1.29 is 0 Å². The molecule has 0 amide bonds. The predicted molar refractivity (Wildman–Crippen MR) is 62.7 cm³/mol. The van der Waals surface area contributed by atoms with Crippen LogP contribution in [-0.2, 0) is 0 Å². The molecule has 73 valence electrons. The van der Waals surface area contributed by atoms with E-state index in [1.54, 1.807) is 0 Å². The van der Waals surface area contributed by atoms with Gasteiger partial charge in [-0.05, 0) is 47.6 Å². The SMILES string of the molecule is [c]1cc(-c2ccccc2)ccc1C1CC1. The maximum Gasteiger partial charge on any atom is -0.0140 e. The maximum absolute atomic E-state index is 3.40. The van der Waals surface area contributed by atoms with Gasteiger partial charge in [-0.2, -0.15) is 0 Å². The Morgan fingerprint density at radius 2 is 1.67 bits per heavy atom. The van der Waals surface area contributed by atoms with Gasteiger partial charge in [-0.3, -0.25) is 0 Å². The summed E-state index contributed by atoms with van der Waals surface area (Å²) in [6.07, 6.45) is 2.70. The lowest BCUT2D eigenvalue weighted by atomic mass is 10.0. The molecular formula is C15H13. The van der Waals surface area contributed by atoms with Crippen LogP contribution in [0.1, 0.15) is 24.3 Å². The third-order valence-electron chi connectivity index (χ3n) is 2.96. The molecule has 0 aliphatic heterocycles. The molecular weight excluding hydrogens is 180 g/mol. The first-order valence-corrected chi connectivity index (χ1v) is 5.50. The Balaban J connectivity index is 1.93. The summed E-state index contributed by atoms with van der Waals surface area (Å²) in [5.41, 5.74) is 3.92. The summed E-state index contributed by atoms with van der Waals surface area (Å²) < 4.78 is 0. The molecule has 1 aliphatic carbocycles. The van der Waals surface area contributed by atoms with E-state index in [0.717, 1.165) is 5.92 Å². The van der Waals surface area contributed by atoms with Gasteiger partial charge in [0.15, 0.2) is 0 Å². The van der Waals surface area contributed by atoms with Crippen LogP contribution in [0.3, 0.4) is 0 Å². The van der Waals surface area contributed by atoms with E-state index in [-0.39, 0.29) is 0 Å². The summed E-state index contributed by atoms with van der Waals surface area (Å²) in [4.78, 5) is 0. The summed E-state index contributed by atoms with van der Waals surface area (Å²) in [6.45, 7) is 0. The number of rotatable bonds is 2. The van der Waals surface area contributed by atoms with Crippen molar-refractivity contribution in [1.82, 2.24) is 0 Å². The zero-order valence-corrected chi connectivity index (χ0v) is 8.61. The van der Waals surface area contributed by atoms with Crippen LogP contribution in [0.2, 0.25) is 0 Å². The molecule has 0 N–H and O–H groups in total. The van der Waals surface area contributed by atoms with Crippen molar-refractivity contribution in [2.24, 2.45) is 0 Å². The summed E-state index contributed by atoms with van der Waals surface area (Å²) >= 11 is 0. The molecule has 0 nitrogen and oxygen atoms in total. The van der Waals surface area contributed by atoms with E-state index in [1.165, 1.54) is 29.5 Å². The highest BCUT2D eigenvalue weighted by atomic mass is 14.3. The number of benzene rings is 2. The van der Waals surface area contributed by atoms with Crippen molar-refractivity contribution in [1.29, 1.82) is 0 Å². The van der Waals surface area contributed by atoms with Gasteiger partial charge in [0.2, 0.25) is 0 Å². The Kier molecular flexibility index (Phi) is 2.06. The van der Waals surface area contributed by atoms with Gasteiger partial charge in [-0.25, -0.2) is 0 Å². The van der Waals surface area contributed by atoms with Crippen molar-refractivity contribution >= 4 is 0 Å². The first kappa shape index (κ1) is 8.72. The van der Waals surface area contributed by atoms with Gasteiger partial charge in [0.25, 0.3) is 0 Å². The monoisotopic (exact) mass is 193 g/mol. The normalized spacial score (nSPS) is 15.2.